The van der Waals surface area contributed by atoms with Crippen LogP contribution in [0.2, 0.25) is 0 Å². The molecule has 0 aliphatic rings. The molecule has 3 rings (SSSR count). The van der Waals surface area contributed by atoms with E-state index in [1.807, 2.05) is 30.3 Å². The van der Waals surface area contributed by atoms with E-state index in [1.54, 1.807) is 44.2 Å². The normalized spacial score (nSPS) is 10.9. The van der Waals surface area contributed by atoms with Crippen molar-refractivity contribution in [3.63, 3.8) is 0 Å². The van der Waals surface area contributed by atoms with Crippen LogP contribution in [0.25, 0.3) is 10.9 Å². The quantitative estimate of drug-likeness (QED) is 0.690. The fraction of sp³-hybridized carbons (Fsp3) is 0.158. The zero-order valence-corrected chi connectivity index (χ0v) is 13.0. The zero-order valence-electron chi connectivity index (χ0n) is 13.0. The van der Waals surface area contributed by atoms with Crippen LogP contribution in [0, 0.1) is 0 Å². The Balaban J connectivity index is 2.17. The van der Waals surface area contributed by atoms with Crippen molar-refractivity contribution < 1.29 is 14.3 Å². The van der Waals surface area contributed by atoms with Crippen LogP contribution in [0.1, 0.15) is 34.7 Å². The Hall–Kier alpha value is -2.88. The van der Waals surface area contributed by atoms with Gasteiger partial charge in [0.15, 0.2) is 0 Å². The molecular formula is C19H17NO3. The molecule has 0 radical (unpaired) electrons. The number of rotatable bonds is 3. The molecule has 23 heavy (non-hydrogen) atoms. The van der Waals surface area contributed by atoms with Gasteiger partial charge in [-0.3, -0.25) is 9.36 Å². The van der Waals surface area contributed by atoms with E-state index >= 15 is 0 Å². The first-order valence-electron chi connectivity index (χ1n) is 7.49. The summed E-state index contributed by atoms with van der Waals surface area (Å²) in [4.78, 5) is 25.3. The van der Waals surface area contributed by atoms with Crippen molar-refractivity contribution in [3.8, 4) is 0 Å². The Morgan fingerprint density at radius 3 is 2.30 bits per heavy atom. The van der Waals surface area contributed by atoms with Gasteiger partial charge in [0, 0.05) is 10.9 Å². The lowest BCUT2D eigenvalue weighted by atomic mass is 10.2. The number of ether oxygens (including phenoxy) is 1. The van der Waals surface area contributed by atoms with E-state index in [0.717, 1.165) is 5.39 Å². The number of fused-ring (bicyclic) bond motifs is 1. The van der Waals surface area contributed by atoms with Crippen molar-refractivity contribution in [2.75, 3.05) is 0 Å². The van der Waals surface area contributed by atoms with E-state index in [4.69, 9.17) is 4.74 Å². The summed E-state index contributed by atoms with van der Waals surface area (Å²) < 4.78 is 6.71. The van der Waals surface area contributed by atoms with Crippen molar-refractivity contribution in [1.82, 2.24) is 4.57 Å². The van der Waals surface area contributed by atoms with Gasteiger partial charge in [-0.25, -0.2) is 4.79 Å². The number of hydrogen-bond donors (Lipinski definition) is 0. The van der Waals surface area contributed by atoms with Crippen LogP contribution in [0.15, 0.2) is 60.7 Å². The predicted octanol–water partition coefficient (Wildman–Crippen LogP) is 3.90. The van der Waals surface area contributed by atoms with Gasteiger partial charge in [0.05, 0.1) is 11.6 Å². The molecule has 0 fully saturated rings. The SMILES string of the molecule is CC(C)OC(=O)c1cc2ccccc2n1C(=O)c1ccccc1. The Kier molecular flexibility index (Phi) is 3.98. The van der Waals surface area contributed by atoms with Gasteiger partial charge in [0.25, 0.3) is 5.91 Å². The molecule has 0 N–H and O–H groups in total. The highest BCUT2D eigenvalue weighted by atomic mass is 16.5. The fourth-order valence-corrected chi connectivity index (χ4v) is 2.51. The van der Waals surface area contributed by atoms with E-state index in [2.05, 4.69) is 0 Å². The molecule has 0 aliphatic carbocycles. The molecule has 1 heterocycles. The van der Waals surface area contributed by atoms with Crippen LogP contribution >= 0.6 is 0 Å². The van der Waals surface area contributed by atoms with Crippen LogP contribution in [0.4, 0.5) is 0 Å². The topological polar surface area (TPSA) is 48.3 Å². The molecule has 0 saturated heterocycles. The molecule has 2 aromatic carbocycles. The predicted molar refractivity (Wildman–Crippen MR) is 88.7 cm³/mol. The highest BCUT2D eigenvalue weighted by molar-refractivity contribution is 6.08. The average Bonchev–Trinajstić information content (AvgIpc) is 2.94. The molecule has 1 aromatic heterocycles. The number of aromatic nitrogens is 1. The maximum absolute atomic E-state index is 12.9. The summed E-state index contributed by atoms with van der Waals surface area (Å²) >= 11 is 0. The zero-order chi connectivity index (χ0) is 16.4. The Bertz CT molecular complexity index is 863. The maximum atomic E-state index is 12.9. The Morgan fingerprint density at radius 1 is 0.957 bits per heavy atom. The van der Waals surface area contributed by atoms with Crippen LogP contribution in [-0.2, 0) is 4.74 Å². The second kappa shape index (κ2) is 6.08. The molecular weight excluding hydrogens is 290 g/mol. The van der Waals surface area contributed by atoms with Crippen LogP contribution in [-0.4, -0.2) is 22.5 Å². The van der Waals surface area contributed by atoms with Crippen LogP contribution in [0.3, 0.4) is 0 Å². The molecule has 116 valence electrons. The maximum Gasteiger partial charge on any atom is 0.355 e. The number of para-hydroxylation sites is 1. The van der Waals surface area contributed by atoms with E-state index in [0.29, 0.717) is 11.1 Å². The smallest absolute Gasteiger partial charge is 0.355 e. The van der Waals surface area contributed by atoms with E-state index in [1.165, 1.54) is 4.57 Å². The number of benzene rings is 2. The number of esters is 1. The monoisotopic (exact) mass is 307 g/mol. The van der Waals surface area contributed by atoms with Crippen LogP contribution < -0.4 is 0 Å². The van der Waals surface area contributed by atoms with Crippen molar-refractivity contribution >= 4 is 22.8 Å². The van der Waals surface area contributed by atoms with Crippen molar-refractivity contribution in [2.24, 2.45) is 0 Å². The molecule has 0 atom stereocenters. The van der Waals surface area contributed by atoms with Gasteiger partial charge in [0.1, 0.15) is 5.69 Å². The largest absolute Gasteiger partial charge is 0.458 e. The highest BCUT2D eigenvalue weighted by Crippen LogP contribution is 2.22. The van der Waals surface area contributed by atoms with E-state index in [9.17, 15) is 9.59 Å². The minimum Gasteiger partial charge on any atom is -0.458 e. The lowest BCUT2D eigenvalue weighted by Gasteiger charge is -2.11. The second-order valence-corrected chi connectivity index (χ2v) is 5.55. The fourth-order valence-electron chi connectivity index (χ4n) is 2.51. The lowest BCUT2D eigenvalue weighted by molar-refractivity contribution is 0.0364. The summed E-state index contributed by atoms with van der Waals surface area (Å²) in [6.07, 6.45) is -0.249. The third-order valence-corrected chi connectivity index (χ3v) is 3.49. The first kappa shape index (κ1) is 15.0. The number of carbonyl (C=O) groups is 2. The second-order valence-electron chi connectivity index (χ2n) is 5.55. The summed E-state index contributed by atoms with van der Waals surface area (Å²) in [5, 5.41) is 0.826. The van der Waals surface area contributed by atoms with Gasteiger partial charge in [-0.15, -0.1) is 0 Å². The van der Waals surface area contributed by atoms with Gasteiger partial charge >= 0.3 is 5.97 Å². The van der Waals surface area contributed by atoms with Crippen molar-refractivity contribution in [3.05, 3.63) is 71.9 Å². The Labute approximate surface area is 134 Å². The third kappa shape index (κ3) is 2.88. The number of nitrogens with zero attached hydrogens (tertiary/aromatic N) is 1. The molecule has 0 saturated carbocycles. The summed E-state index contributed by atoms with van der Waals surface area (Å²) in [5.74, 6) is -0.747. The van der Waals surface area contributed by atoms with Crippen LogP contribution in [0.5, 0.6) is 0 Å². The average molecular weight is 307 g/mol. The van der Waals surface area contributed by atoms with Gasteiger partial charge in [-0.1, -0.05) is 36.4 Å². The lowest BCUT2D eigenvalue weighted by Crippen LogP contribution is -2.21. The minimum atomic E-state index is -0.500. The first-order chi connectivity index (χ1) is 11.1. The van der Waals surface area contributed by atoms with Gasteiger partial charge in [0.2, 0.25) is 0 Å². The third-order valence-electron chi connectivity index (χ3n) is 3.49. The molecule has 4 heteroatoms. The van der Waals surface area contributed by atoms with Crippen molar-refractivity contribution in [1.29, 1.82) is 0 Å². The summed E-state index contributed by atoms with van der Waals surface area (Å²) in [7, 11) is 0. The summed E-state index contributed by atoms with van der Waals surface area (Å²) in [6, 6.07) is 18.0. The molecule has 0 unspecified atom stereocenters. The standard InChI is InChI=1S/C19H17NO3/c1-13(2)23-19(22)17-12-15-10-6-7-11-16(15)20(17)18(21)14-8-4-3-5-9-14/h3-13H,1-2H3. The van der Waals surface area contributed by atoms with E-state index < -0.39 is 5.97 Å². The highest BCUT2D eigenvalue weighted by Gasteiger charge is 2.22. The van der Waals surface area contributed by atoms with Gasteiger partial charge in [-0.2, -0.15) is 0 Å². The molecule has 0 spiro atoms. The molecule has 0 amide bonds. The number of carbonyl (C=O) groups excluding carboxylic acids is 2. The minimum absolute atomic E-state index is 0.244. The van der Waals surface area contributed by atoms with E-state index in [-0.39, 0.29) is 17.7 Å². The molecule has 3 aromatic rings. The summed E-state index contributed by atoms with van der Waals surface area (Å²) in [5.41, 5.74) is 1.46. The molecule has 0 bridgehead atoms. The summed E-state index contributed by atoms with van der Waals surface area (Å²) in [6.45, 7) is 3.56. The number of hydrogen-bond acceptors (Lipinski definition) is 3. The van der Waals surface area contributed by atoms with Gasteiger partial charge < -0.3 is 4.74 Å². The van der Waals surface area contributed by atoms with Gasteiger partial charge in [-0.05, 0) is 38.1 Å². The molecule has 0 aliphatic heterocycles. The molecule has 4 nitrogen and oxygen atoms in total. The first-order valence-corrected chi connectivity index (χ1v) is 7.49. The Morgan fingerprint density at radius 2 is 1.61 bits per heavy atom. The van der Waals surface area contributed by atoms with Crippen molar-refractivity contribution in [2.45, 2.75) is 20.0 Å².